The Hall–Kier alpha value is -1.02. The summed E-state index contributed by atoms with van der Waals surface area (Å²) in [6, 6.07) is 11.6. The van der Waals surface area contributed by atoms with Crippen LogP contribution in [-0.4, -0.2) is 41.4 Å². The van der Waals surface area contributed by atoms with Gasteiger partial charge in [-0.15, -0.1) is 0 Å². The van der Waals surface area contributed by atoms with E-state index in [2.05, 4.69) is 34.5 Å². The van der Waals surface area contributed by atoms with Gasteiger partial charge in [0.05, 0.1) is 11.6 Å². The van der Waals surface area contributed by atoms with Crippen LogP contribution in [-0.2, 0) is 0 Å². The number of nitriles is 1. The third-order valence-electron chi connectivity index (χ3n) is 4.15. The summed E-state index contributed by atoms with van der Waals surface area (Å²) in [5.74, 6) is 0. The first kappa shape index (κ1) is 13.9. The van der Waals surface area contributed by atoms with Crippen molar-refractivity contribution in [1.29, 1.82) is 5.26 Å². The highest BCUT2D eigenvalue weighted by Gasteiger charge is 2.35. The van der Waals surface area contributed by atoms with Gasteiger partial charge >= 0.3 is 0 Å². The molecule has 0 N–H and O–H groups in total. The van der Waals surface area contributed by atoms with Gasteiger partial charge in [0.25, 0.3) is 0 Å². The molecular formula is C16H21N3S. The average Bonchev–Trinajstić information content (AvgIpc) is 3.31. The third kappa shape index (κ3) is 3.35. The van der Waals surface area contributed by atoms with Gasteiger partial charge in [-0.25, -0.2) is 4.31 Å². The zero-order valence-corrected chi connectivity index (χ0v) is 12.8. The Morgan fingerprint density at radius 1 is 1.10 bits per heavy atom. The van der Waals surface area contributed by atoms with Crippen molar-refractivity contribution in [1.82, 2.24) is 9.21 Å². The molecule has 3 rings (SSSR count). The molecule has 0 bridgehead atoms. The van der Waals surface area contributed by atoms with Gasteiger partial charge in [0.1, 0.15) is 0 Å². The van der Waals surface area contributed by atoms with Crippen LogP contribution in [0.25, 0.3) is 0 Å². The molecule has 1 aliphatic heterocycles. The fourth-order valence-corrected chi connectivity index (χ4v) is 3.96. The molecule has 20 heavy (non-hydrogen) atoms. The quantitative estimate of drug-likeness (QED) is 0.796. The second-order valence-corrected chi connectivity index (χ2v) is 6.93. The fraction of sp³-hybridized carbons (Fsp3) is 0.562. The van der Waals surface area contributed by atoms with Crippen LogP contribution in [0.4, 0.5) is 0 Å². The van der Waals surface area contributed by atoms with Gasteiger partial charge in [0.2, 0.25) is 0 Å². The Morgan fingerprint density at radius 2 is 1.70 bits per heavy atom. The third-order valence-corrected chi connectivity index (χ3v) is 5.44. The van der Waals surface area contributed by atoms with E-state index in [-0.39, 0.29) is 0 Å². The molecule has 0 amide bonds. The van der Waals surface area contributed by atoms with Gasteiger partial charge in [-0.05, 0) is 82.0 Å². The maximum Gasteiger partial charge on any atom is 0.0991 e. The molecule has 1 heterocycles. The highest BCUT2D eigenvalue weighted by atomic mass is 32.2. The second-order valence-electron chi connectivity index (χ2n) is 5.85. The van der Waals surface area contributed by atoms with Crippen molar-refractivity contribution in [3.63, 3.8) is 0 Å². The lowest BCUT2D eigenvalue weighted by Crippen LogP contribution is -2.41. The number of likely N-dealkylation sites (tertiary alicyclic amines) is 1. The highest BCUT2D eigenvalue weighted by Crippen LogP contribution is 2.39. The number of rotatable bonds is 4. The summed E-state index contributed by atoms with van der Waals surface area (Å²) in [5, 5.41) is 8.87. The molecule has 1 saturated carbocycles. The summed E-state index contributed by atoms with van der Waals surface area (Å²) >= 11 is 1.89. The topological polar surface area (TPSA) is 30.3 Å². The van der Waals surface area contributed by atoms with Gasteiger partial charge in [-0.1, -0.05) is 0 Å². The van der Waals surface area contributed by atoms with E-state index in [1.807, 2.05) is 24.1 Å². The molecule has 2 aliphatic rings. The molecule has 1 aliphatic carbocycles. The summed E-state index contributed by atoms with van der Waals surface area (Å²) in [7, 11) is 2.21. The maximum atomic E-state index is 8.87. The minimum atomic E-state index is 0.708. The predicted molar refractivity (Wildman–Crippen MR) is 82.4 cm³/mol. The van der Waals surface area contributed by atoms with E-state index >= 15 is 0 Å². The summed E-state index contributed by atoms with van der Waals surface area (Å²) < 4.78 is 2.63. The molecule has 0 radical (unpaired) electrons. The SMILES string of the molecule is CN1CCC(N(Sc2ccc(C#N)cc2)C2CC2)CC1. The Balaban J connectivity index is 1.66. The van der Waals surface area contributed by atoms with Crippen molar-refractivity contribution in [2.45, 2.75) is 42.7 Å². The first-order valence-corrected chi connectivity index (χ1v) is 8.18. The molecule has 3 nitrogen and oxygen atoms in total. The maximum absolute atomic E-state index is 8.87. The number of benzene rings is 1. The Kier molecular flexibility index (Phi) is 4.30. The Morgan fingerprint density at radius 3 is 2.25 bits per heavy atom. The van der Waals surface area contributed by atoms with Crippen LogP contribution >= 0.6 is 11.9 Å². The number of nitrogens with zero attached hydrogens (tertiary/aromatic N) is 3. The lowest BCUT2D eigenvalue weighted by Gasteiger charge is -2.36. The van der Waals surface area contributed by atoms with Gasteiger partial charge in [0, 0.05) is 17.0 Å². The largest absolute Gasteiger partial charge is 0.306 e. The predicted octanol–water partition coefficient (Wildman–Crippen LogP) is 3.12. The van der Waals surface area contributed by atoms with Crippen LogP contribution in [0.5, 0.6) is 0 Å². The molecule has 106 valence electrons. The van der Waals surface area contributed by atoms with E-state index in [0.29, 0.717) is 6.04 Å². The number of piperidine rings is 1. The highest BCUT2D eigenvalue weighted by molar-refractivity contribution is 7.97. The molecule has 0 aromatic heterocycles. The summed E-state index contributed by atoms with van der Waals surface area (Å²) in [6.07, 6.45) is 5.23. The van der Waals surface area contributed by atoms with Crippen molar-refractivity contribution in [3.8, 4) is 6.07 Å². The molecule has 0 unspecified atom stereocenters. The van der Waals surface area contributed by atoms with E-state index in [1.54, 1.807) is 0 Å². The normalized spacial score (nSPS) is 21.1. The van der Waals surface area contributed by atoms with Crippen LogP contribution in [0.3, 0.4) is 0 Å². The smallest absolute Gasteiger partial charge is 0.0991 e. The van der Waals surface area contributed by atoms with Gasteiger partial charge in [0.15, 0.2) is 0 Å². The van der Waals surface area contributed by atoms with E-state index in [0.717, 1.165) is 11.6 Å². The summed E-state index contributed by atoms with van der Waals surface area (Å²) in [4.78, 5) is 3.68. The first-order chi connectivity index (χ1) is 9.76. The van der Waals surface area contributed by atoms with E-state index in [1.165, 1.54) is 43.7 Å². The molecular weight excluding hydrogens is 266 g/mol. The molecule has 0 spiro atoms. The van der Waals surface area contributed by atoms with E-state index in [4.69, 9.17) is 5.26 Å². The lowest BCUT2D eigenvalue weighted by molar-refractivity contribution is 0.187. The van der Waals surface area contributed by atoms with Crippen molar-refractivity contribution in [3.05, 3.63) is 29.8 Å². The minimum Gasteiger partial charge on any atom is -0.306 e. The first-order valence-electron chi connectivity index (χ1n) is 7.41. The standard InChI is InChI=1S/C16H21N3S/c1-18-10-8-15(9-11-18)19(14-4-5-14)20-16-6-2-13(12-17)3-7-16/h2-3,6-7,14-15H,4-5,8-11H2,1H3. The fourth-order valence-electron chi connectivity index (χ4n) is 2.74. The zero-order chi connectivity index (χ0) is 13.9. The van der Waals surface area contributed by atoms with Gasteiger partial charge in [-0.2, -0.15) is 5.26 Å². The minimum absolute atomic E-state index is 0.708. The Labute approximate surface area is 125 Å². The summed E-state index contributed by atoms with van der Waals surface area (Å²) in [6.45, 7) is 2.42. The van der Waals surface area contributed by atoms with Crippen molar-refractivity contribution >= 4 is 11.9 Å². The molecule has 4 heteroatoms. The summed E-state index contributed by atoms with van der Waals surface area (Å²) in [5.41, 5.74) is 0.742. The lowest BCUT2D eigenvalue weighted by atomic mass is 10.1. The van der Waals surface area contributed by atoms with Crippen LogP contribution in [0, 0.1) is 11.3 Å². The molecule has 1 aromatic carbocycles. The molecule has 1 saturated heterocycles. The number of hydrogen-bond donors (Lipinski definition) is 0. The zero-order valence-electron chi connectivity index (χ0n) is 12.0. The van der Waals surface area contributed by atoms with Crippen LogP contribution in [0.15, 0.2) is 29.2 Å². The van der Waals surface area contributed by atoms with E-state index in [9.17, 15) is 0 Å². The van der Waals surface area contributed by atoms with Crippen molar-refractivity contribution in [2.24, 2.45) is 0 Å². The van der Waals surface area contributed by atoms with Crippen LogP contribution in [0.2, 0.25) is 0 Å². The molecule has 2 fully saturated rings. The second kappa shape index (κ2) is 6.17. The molecule has 1 aromatic rings. The van der Waals surface area contributed by atoms with Crippen LogP contribution in [0.1, 0.15) is 31.2 Å². The van der Waals surface area contributed by atoms with E-state index < -0.39 is 0 Å². The number of hydrogen-bond acceptors (Lipinski definition) is 4. The van der Waals surface area contributed by atoms with Crippen molar-refractivity contribution < 1.29 is 0 Å². The Bertz CT molecular complexity index is 481. The van der Waals surface area contributed by atoms with Crippen LogP contribution < -0.4 is 0 Å². The van der Waals surface area contributed by atoms with Gasteiger partial charge < -0.3 is 4.90 Å². The van der Waals surface area contributed by atoms with Crippen molar-refractivity contribution in [2.75, 3.05) is 20.1 Å². The molecule has 0 atom stereocenters. The average molecular weight is 287 g/mol. The monoisotopic (exact) mass is 287 g/mol. The van der Waals surface area contributed by atoms with Gasteiger partial charge in [-0.3, -0.25) is 0 Å².